The number of sulfone groups is 1. The van der Waals surface area contributed by atoms with Gasteiger partial charge in [0.1, 0.15) is 4.90 Å². The van der Waals surface area contributed by atoms with Gasteiger partial charge in [-0.3, -0.25) is 0 Å². The summed E-state index contributed by atoms with van der Waals surface area (Å²) in [5, 5.41) is 0. The summed E-state index contributed by atoms with van der Waals surface area (Å²) < 4.78 is 41.9. The third kappa shape index (κ3) is 3.00. The van der Waals surface area contributed by atoms with E-state index < -0.39 is 15.7 Å². The average Bonchev–Trinajstić information content (AvgIpc) is 2.27. The first-order chi connectivity index (χ1) is 8.32. The summed E-state index contributed by atoms with van der Waals surface area (Å²) in [5.41, 5.74) is 6.10. The fraction of sp³-hybridized carbons (Fsp3) is 0.500. The van der Waals surface area contributed by atoms with Gasteiger partial charge < -0.3 is 10.5 Å². The van der Waals surface area contributed by atoms with Crippen molar-refractivity contribution in [2.45, 2.75) is 24.2 Å². The molecule has 0 aliphatic carbocycles. The number of benzene rings is 1. The van der Waals surface area contributed by atoms with E-state index in [-0.39, 0.29) is 16.6 Å². The Labute approximate surface area is 107 Å². The van der Waals surface area contributed by atoms with Crippen molar-refractivity contribution in [1.29, 1.82) is 0 Å². The van der Waals surface area contributed by atoms with Crippen LogP contribution in [0.15, 0.2) is 17.0 Å². The molecule has 2 N–H and O–H groups in total. The van der Waals surface area contributed by atoms with Crippen molar-refractivity contribution < 1.29 is 17.5 Å². The maximum absolute atomic E-state index is 14.1. The molecule has 0 fully saturated rings. The van der Waals surface area contributed by atoms with Crippen LogP contribution in [0.1, 0.15) is 24.8 Å². The summed E-state index contributed by atoms with van der Waals surface area (Å²) in [5.74, 6) is -0.840. The van der Waals surface area contributed by atoms with Gasteiger partial charge >= 0.3 is 0 Å². The molecular weight excluding hydrogens is 257 g/mol. The van der Waals surface area contributed by atoms with Gasteiger partial charge in [0.25, 0.3) is 0 Å². The molecule has 1 unspecified atom stereocenters. The van der Waals surface area contributed by atoms with Gasteiger partial charge in [-0.1, -0.05) is 13.0 Å². The van der Waals surface area contributed by atoms with E-state index in [2.05, 4.69) is 0 Å². The van der Waals surface area contributed by atoms with E-state index in [0.29, 0.717) is 18.5 Å². The standard InChI is InChI=1S/C12H18FNO3S/c1-8(6-7-14)9-4-5-10(18(3,15)16)11(13)12(9)17-2/h4-5,8H,6-7,14H2,1-3H3. The Kier molecular flexibility index (Phi) is 4.70. The zero-order chi connectivity index (χ0) is 13.9. The second-order valence-electron chi connectivity index (χ2n) is 4.25. The monoisotopic (exact) mass is 275 g/mol. The van der Waals surface area contributed by atoms with Crippen molar-refractivity contribution >= 4 is 9.84 Å². The molecule has 0 radical (unpaired) electrons. The molecular formula is C12H18FNO3S. The number of nitrogens with two attached hydrogens (primary N) is 1. The Bertz CT molecular complexity index is 528. The average molecular weight is 275 g/mol. The highest BCUT2D eigenvalue weighted by atomic mass is 32.2. The van der Waals surface area contributed by atoms with Crippen LogP contribution >= 0.6 is 0 Å². The van der Waals surface area contributed by atoms with Crippen molar-refractivity contribution in [1.82, 2.24) is 0 Å². The Morgan fingerprint density at radius 3 is 2.50 bits per heavy atom. The van der Waals surface area contributed by atoms with Gasteiger partial charge in [-0.2, -0.15) is 0 Å². The quantitative estimate of drug-likeness (QED) is 0.887. The topological polar surface area (TPSA) is 69.4 Å². The number of methoxy groups -OCH3 is 1. The van der Waals surface area contributed by atoms with E-state index >= 15 is 0 Å². The predicted molar refractivity (Wildman–Crippen MR) is 68.1 cm³/mol. The fourth-order valence-electron chi connectivity index (χ4n) is 1.84. The number of ether oxygens (including phenoxy) is 1. The van der Waals surface area contributed by atoms with Crippen molar-refractivity contribution in [2.75, 3.05) is 19.9 Å². The fourth-order valence-corrected chi connectivity index (χ4v) is 2.57. The minimum atomic E-state index is -3.60. The zero-order valence-corrected chi connectivity index (χ0v) is 11.6. The van der Waals surface area contributed by atoms with Crippen LogP contribution in [0.5, 0.6) is 5.75 Å². The van der Waals surface area contributed by atoms with Crippen LogP contribution in [0.2, 0.25) is 0 Å². The normalized spacial score (nSPS) is 13.4. The third-order valence-electron chi connectivity index (χ3n) is 2.83. The molecule has 102 valence electrons. The Hall–Kier alpha value is -1.14. The molecule has 0 heterocycles. The lowest BCUT2D eigenvalue weighted by Gasteiger charge is -2.16. The summed E-state index contributed by atoms with van der Waals surface area (Å²) in [6.45, 7) is 2.37. The third-order valence-corrected chi connectivity index (χ3v) is 3.94. The molecule has 1 atom stereocenters. The summed E-state index contributed by atoms with van der Waals surface area (Å²) in [7, 11) is -2.28. The molecule has 0 aromatic heterocycles. The number of halogens is 1. The van der Waals surface area contributed by atoms with E-state index in [1.807, 2.05) is 6.92 Å². The van der Waals surface area contributed by atoms with Gasteiger partial charge in [0.05, 0.1) is 7.11 Å². The van der Waals surface area contributed by atoms with E-state index in [1.54, 1.807) is 6.07 Å². The lowest BCUT2D eigenvalue weighted by Crippen LogP contribution is -2.09. The van der Waals surface area contributed by atoms with Gasteiger partial charge in [0, 0.05) is 11.8 Å². The van der Waals surface area contributed by atoms with Crippen molar-refractivity contribution in [2.24, 2.45) is 5.73 Å². The molecule has 0 aliphatic heterocycles. The van der Waals surface area contributed by atoms with Crippen LogP contribution in [0.25, 0.3) is 0 Å². The second-order valence-corrected chi connectivity index (χ2v) is 6.23. The first kappa shape index (κ1) is 14.9. The summed E-state index contributed by atoms with van der Waals surface area (Å²) in [4.78, 5) is -0.344. The Morgan fingerprint density at radius 2 is 2.06 bits per heavy atom. The van der Waals surface area contributed by atoms with Crippen LogP contribution in [0.3, 0.4) is 0 Å². The summed E-state index contributed by atoms with van der Waals surface area (Å²) in [6.07, 6.45) is 1.64. The highest BCUT2D eigenvalue weighted by Gasteiger charge is 2.22. The van der Waals surface area contributed by atoms with E-state index in [0.717, 1.165) is 6.26 Å². The van der Waals surface area contributed by atoms with Gasteiger partial charge in [0.2, 0.25) is 0 Å². The summed E-state index contributed by atoms with van der Waals surface area (Å²) >= 11 is 0. The first-order valence-corrected chi connectivity index (χ1v) is 7.48. The Balaban J connectivity index is 3.38. The molecule has 1 aromatic rings. The molecule has 4 nitrogen and oxygen atoms in total. The smallest absolute Gasteiger partial charge is 0.183 e. The van der Waals surface area contributed by atoms with Crippen molar-refractivity contribution in [3.05, 3.63) is 23.5 Å². The highest BCUT2D eigenvalue weighted by Crippen LogP contribution is 2.34. The molecule has 0 saturated carbocycles. The zero-order valence-electron chi connectivity index (χ0n) is 10.7. The maximum atomic E-state index is 14.1. The van der Waals surface area contributed by atoms with Crippen LogP contribution in [0, 0.1) is 5.82 Å². The van der Waals surface area contributed by atoms with Gasteiger partial charge in [-0.05, 0) is 24.9 Å². The molecule has 0 saturated heterocycles. The largest absolute Gasteiger partial charge is 0.493 e. The van der Waals surface area contributed by atoms with Crippen LogP contribution in [0.4, 0.5) is 4.39 Å². The predicted octanol–water partition coefficient (Wildman–Crippen LogP) is 1.69. The van der Waals surface area contributed by atoms with E-state index in [9.17, 15) is 12.8 Å². The van der Waals surface area contributed by atoms with E-state index in [1.165, 1.54) is 13.2 Å². The van der Waals surface area contributed by atoms with Gasteiger partial charge in [-0.25, -0.2) is 12.8 Å². The van der Waals surface area contributed by atoms with Gasteiger partial charge in [-0.15, -0.1) is 0 Å². The second kappa shape index (κ2) is 5.67. The molecule has 1 aromatic carbocycles. The highest BCUT2D eigenvalue weighted by molar-refractivity contribution is 7.90. The number of hydrogen-bond donors (Lipinski definition) is 1. The number of hydrogen-bond acceptors (Lipinski definition) is 4. The van der Waals surface area contributed by atoms with E-state index in [4.69, 9.17) is 10.5 Å². The molecule has 0 bridgehead atoms. The molecule has 0 spiro atoms. The number of rotatable bonds is 5. The lowest BCUT2D eigenvalue weighted by atomic mass is 9.96. The van der Waals surface area contributed by atoms with Gasteiger partial charge in [0.15, 0.2) is 21.4 Å². The van der Waals surface area contributed by atoms with Crippen molar-refractivity contribution in [3.63, 3.8) is 0 Å². The minimum absolute atomic E-state index is 0.00746. The SMILES string of the molecule is COc1c(C(C)CCN)ccc(S(C)(=O)=O)c1F. The van der Waals surface area contributed by atoms with Crippen LogP contribution in [-0.2, 0) is 9.84 Å². The van der Waals surface area contributed by atoms with Crippen molar-refractivity contribution in [3.8, 4) is 5.75 Å². The lowest BCUT2D eigenvalue weighted by molar-refractivity contribution is 0.372. The maximum Gasteiger partial charge on any atom is 0.183 e. The van der Waals surface area contributed by atoms with Crippen LogP contribution in [-0.4, -0.2) is 28.3 Å². The molecule has 6 heteroatoms. The minimum Gasteiger partial charge on any atom is -0.493 e. The molecule has 0 amide bonds. The molecule has 0 aliphatic rings. The Morgan fingerprint density at radius 1 is 1.44 bits per heavy atom. The first-order valence-electron chi connectivity index (χ1n) is 5.59. The molecule has 1 rings (SSSR count). The summed E-state index contributed by atoms with van der Waals surface area (Å²) in [6, 6.07) is 2.86. The van der Waals surface area contributed by atoms with Crippen LogP contribution < -0.4 is 10.5 Å². The molecule has 18 heavy (non-hydrogen) atoms.